The van der Waals surface area contributed by atoms with E-state index in [9.17, 15) is 10.1 Å². The molecule has 2 aromatic carbocycles. The highest BCUT2D eigenvalue weighted by molar-refractivity contribution is 5.69. The average Bonchev–Trinajstić information content (AvgIpc) is 3.04. The number of hydrogen-bond donors (Lipinski definition) is 1. The Bertz CT molecular complexity index is 857. The molecule has 0 fully saturated rings. The fourth-order valence-electron chi connectivity index (χ4n) is 4.19. The lowest BCUT2D eigenvalue weighted by atomic mass is 9.76. The molecule has 0 saturated heterocycles. The van der Waals surface area contributed by atoms with E-state index in [0.717, 1.165) is 17.7 Å². The molecule has 3 unspecified atom stereocenters. The molecule has 122 valence electrons. The van der Waals surface area contributed by atoms with Gasteiger partial charge in [0.15, 0.2) is 0 Å². The van der Waals surface area contributed by atoms with Gasteiger partial charge in [0.1, 0.15) is 0 Å². The van der Waals surface area contributed by atoms with Crippen LogP contribution in [0.5, 0.6) is 0 Å². The van der Waals surface area contributed by atoms with Gasteiger partial charge in [0.05, 0.1) is 16.5 Å². The molecule has 0 radical (unpaired) electrons. The molecule has 1 heterocycles. The quantitative estimate of drug-likeness (QED) is 0.479. The minimum Gasteiger partial charge on any atom is -0.377 e. The second-order valence-corrected chi connectivity index (χ2v) is 6.82. The summed E-state index contributed by atoms with van der Waals surface area (Å²) in [5, 5.41) is 14.9. The SMILES string of the molecule is Cc1cccc(C2Nc3c(ccc([N+](=O)[O-])c3C)C3C=CCC32)c1. The van der Waals surface area contributed by atoms with E-state index in [-0.39, 0.29) is 16.7 Å². The van der Waals surface area contributed by atoms with Crippen LogP contribution in [0, 0.1) is 29.9 Å². The minimum absolute atomic E-state index is 0.179. The zero-order chi connectivity index (χ0) is 16.8. The third-order valence-electron chi connectivity index (χ3n) is 5.37. The van der Waals surface area contributed by atoms with E-state index in [2.05, 4.69) is 48.7 Å². The van der Waals surface area contributed by atoms with E-state index in [1.54, 1.807) is 6.07 Å². The molecule has 0 spiro atoms. The third-order valence-corrected chi connectivity index (χ3v) is 5.37. The maximum Gasteiger partial charge on any atom is 0.274 e. The normalized spacial score (nSPS) is 24.2. The number of allylic oxidation sites excluding steroid dienone is 2. The summed E-state index contributed by atoms with van der Waals surface area (Å²) in [7, 11) is 0. The number of nitrogens with one attached hydrogen (secondary N) is 1. The van der Waals surface area contributed by atoms with Gasteiger partial charge in [-0.15, -0.1) is 0 Å². The summed E-state index contributed by atoms with van der Waals surface area (Å²) in [6.45, 7) is 3.94. The zero-order valence-electron chi connectivity index (χ0n) is 13.8. The number of rotatable bonds is 2. The third kappa shape index (κ3) is 2.21. The summed E-state index contributed by atoms with van der Waals surface area (Å²) in [6, 6.07) is 12.3. The lowest BCUT2D eigenvalue weighted by molar-refractivity contribution is -0.385. The van der Waals surface area contributed by atoms with Crippen molar-refractivity contribution in [3.05, 3.63) is 80.9 Å². The highest BCUT2D eigenvalue weighted by Crippen LogP contribution is 2.51. The van der Waals surface area contributed by atoms with Crippen molar-refractivity contribution in [1.82, 2.24) is 0 Å². The first-order chi connectivity index (χ1) is 11.6. The van der Waals surface area contributed by atoms with Crippen LogP contribution in [0.2, 0.25) is 0 Å². The number of benzene rings is 2. The largest absolute Gasteiger partial charge is 0.377 e. The van der Waals surface area contributed by atoms with Gasteiger partial charge in [-0.2, -0.15) is 0 Å². The molecule has 0 amide bonds. The van der Waals surface area contributed by atoms with Gasteiger partial charge in [-0.05, 0) is 43.4 Å². The Balaban J connectivity index is 1.85. The van der Waals surface area contributed by atoms with E-state index in [4.69, 9.17) is 0 Å². The average molecular weight is 320 g/mol. The van der Waals surface area contributed by atoms with Crippen molar-refractivity contribution in [2.24, 2.45) is 5.92 Å². The fraction of sp³-hybridized carbons (Fsp3) is 0.300. The molecule has 4 nitrogen and oxygen atoms in total. The number of anilines is 1. The number of nitrogens with zero attached hydrogens (tertiary/aromatic N) is 1. The lowest BCUT2D eigenvalue weighted by Gasteiger charge is -2.38. The molecule has 4 heteroatoms. The Labute approximate surface area is 141 Å². The van der Waals surface area contributed by atoms with E-state index < -0.39 is 0 Å². The maximum absolute atomic E-state index is 11.3. The maximum atomic E-state index is 11.3. The van der Waals surface area contributed by atoms with Crippen molar-refractivity contribution in [1.29, 1.82) is 0 Å². The number of nitro groups is 1. The van der Waals surface area contributed by atoms with Gasteiger partial charge < -0.3 is 5.32 Å². The van der Waals surface area contributed by atoms with Gasteiger partial charge in [0, 0.05) is 17.7 Å². The first-order valence-corrected chi connectivity index (χ1v) is 8.34. The summed E-state index contributed by atoms with van der Waals surface area (Å²) in [4.78, 5) is 11.0. The van der Waals surface area contributed by atoms with Crippen molar-refractivity contribution in [2.45, 2.75) is 32.2 Å². The van der Waals surface area contributed by atoms with Crippen LogP contribution >= 0.6 is 0 Å². The zero-order valence-corrected chi connectivity index (χ0v) is 13.8. The van der Waals surface area contributed by atoms with E-state index in [0.29, 0.717) is 11.8 Å². The molecule has 3 atom stereocenters. The Morgan fingerprint density at radius 2 is 2.04 bits per heavy atom. The highest BCUT2D eigenvalue weighted by atomic mass is 16.6. The van der Waals surface area contributed by atoms with E-state index in [1.807, 2.05) is 13.0 Å². The fourth-order valence-corrected chi connectivity index (χ4v) is 4.19. The van der Waals surface area contributed by atoms with Gasteiger partial charge in [-0.3, -0.25) is 10.1 Å². The summed E-state index contributed by atoms with van der Waals surface area (Å²) in [5.41, 5.74) is 5.52. The number of nitro benzene ring substituents is 1. The lowest BCUT2D eigenvalue weighted by Crippen LogP contribution is -2.29. The van der Waals surface area contributed by atoms with Crippen LogP contribution in [0.25, 0.3) is 0 Å². The van der Waals surface area contributed by atoms with Crippen LogP contribution in [-0.4, -0.2) is 4.92 Å². The number of fused-ring (bicyclic) bond motifs is 3. The van der Waals surface area contributed by atoms with Gasteiger partial charge in [0.25, 0.3) is 5.69 Å². The molecule has 1 aliphatic heterocycles. The van der Waals surface area contributed by atoms with Crippen molar-refractivity contribution < 1.29 is 4.92 Å². The van der Waals surface area contributed by atoms with Gasteiger partial charge in [0.2, 0.25) is 0 Å². The van der Waals surface area contributed by atoms with Crippen molar-refractivity contribution in [2.75, 3.05) is 5.32 Å². The Morgan fingerprint density at radius 3 is 2.79 bits per heavy atom. The van der Waals surface area contributed by atoms with Gasteiger partial charge in [-0.25, -0.2) is 0 Å². The molecule has 1 N–H and O–H groups in total. The van der Waals surface area contributed by atoms with Crippen molar-refractivity contribution in [3.8, 4) is 0 Å². The van der Waals surface area contributed by atoms with Crippen LogP contribution < -0.4 is 5.32 Å². The van der Waals surface area contributed by atoms with Gasteiger partial charge in [-0.1, -0.05) is 42.0 Å². The van der Waals surface area contributed by atoms with E-state index >= 15 is 0 Å². The molecule has 24 heavy (non-hydrogen) atoms. The molecular formula is C20H20N2O2. The summed E-state index contributed by atoms with van der Waals surface area (Å²) < 4.78 is 0. The Morgan fingerprint density at radius 1 is 1.21 bits per heavy atom. The molecule has 0 saturated carbocycles. The number of hydrogen-bond acceptors (Lipinski definition) is 3. The highest BCUT2D eigenvalue weighted by Gasteiger charge is 2.39. The predicted molar refractivity (Wildman–Crippen MR) is 95.4 cm³/mol. The van der Waals surface area contributed by atoms with Crippen LogP contribution in [-0.2, 0) is 0 Å². The topological polar surface area (TPSA) is 55.2 Å². The van der Waals surface area contributed by atoms with Crippen molar-refractivity contribution in [3.63, 3.8) is 0 Å². The Hall–Kier alpha value is -2.62. The van der Waals surface area contributed by atoms with Crippen molar-refractivity contribution >= 4 is 11.4 Å². The van der Waals surface area contributed by atoms with Crippen LogP contribution in [0.15, 0.2) is 48.6 Å². The standard InChI is InChI=1S/C20H20N2O2/c1-12-5-3-6-14(11-12)20-16-8-4-7-15(16)17-9-10-18(22(23)24)13(2)19(17)21-20/h3-7,9-11,15-16,20-21H,8H2,1-2H3. The molecule has 4 rings (SSSR count). The Kier molecular flexibility index (Phi) is 3.41. The monoisotopic (exact) mass is 320 g/mol. The second-order valence-electron chi connectivity index (χ2n) is 6.82. The molecule has 1 aliphatic carbocycles. The molecular weight excluding hydrogens is 300 g/mol. The minimum atomic E-state index is -0.296. The first kappa shape index (κ1) is 14.9. The molecule has 2 aromatic rings. The van der Waals surface area contributed by atoms with Crippen LogP contribution in [0.1, 0.15) is 40.6 Å². The second kappa shape index (κ2) is 5.48. The molecule has 0 aromatic heterocycles. The van der Waals surface area contributed by atoms with E-state index in [1.165, 1.54) is 16.7 Å². The number of aryl methyl sites for hydroxylation is 1. The molecule has 2 aliphatic rings. The summed E-state index contributed by atoms with van der Waals surface area (Å²) in [5.74, 6) is 0.784. The summed E-state index contributed by atoms with van der Waals surface area (Å²) in [6.07, 6.45) is 5.54. The summed E-state index contributed by atoms with van der Waals surface area (Å²) >= 11 is 0. The first-order valence-electron chi connectivity index (χ1n) is 8.34. The molecule has 0 bridgehead atoms. The smallest absolute Gasteiger partial charge is 0.274 e. The van der Waals surface area contributed by atoms with Crippen LogP contribution in [0.3, 0.4) is 0 Å². The predicted octanol–water partition coefficient (Wildman–Crippen LogP) is 5.04. The van der Waals surface area contributed by atoms with Gasteiger partial charge >= 0.3 is 0 Å². The van der Waals surface area contributed by atoms with Crippen LogP contribution in [0.4, 0.5) is 11.4 Å².